The Hall–Kier alpha value is -0.870. The summed E-state index contributed by atoms with van der Waals surface area (Å²) in [6, 6.07) is 0. The lowest BCUT2D eigenvalue weighted by Crippen LogP contribution is -2.37. The summed E-state index contributed by atoms with van der Waals surface area (Å²) < 4.78 is 0. The zero-order valence-electron chi connectivity index (χ0n) is 11.6. The van der Waals surface area contributed by atoms with Crippen LogP contribution in [0, 0.1) is 12.8 Å². The Balaban J connectivity index is 1.72. The fraction of sp³-hybridized carbons (Fsp3) is 0.667. The molecule has 1 amide bonds. The number of hydrogen-bond donors (Lipinski definition) is 2. The van der Waals surface area contributed by atoms with Crippen molar-refractivity contribution in [2.24, 2.45) is 5.92 Å². The standard InChI is InChI=1S/C15H22N2OS/c1-10-12-6-2-3-7-13(12)19-15(10)17-14(18)11-5-4-8-16-9-11/h11,16H,2-9H2,1H3,(H,17,18). The third-order valence-electron chi connectivity index (χ3n) is 4.34. The second kappa shape index (κ2) is 5.63. The first kappa shape index (κ1) is 13.1. The van der Waals surface area contributed by atoms with Crippen molar-refractivity contribution in [3.05, 3.63) is 16.0 Å². The molecule has 1 aliphatic heterocycles. The third-order valence-corrected chi connectivity index (χ3v) is 5.65. The molecule has 0 radical (unpaired) electrons. The van der Waals surface area contributed by atoms with Gasteiger partial charge < -0.3 is 10.6 Å². The summed E-state index contributed by atoms with van der Waals surface area (Å²) >= 11 is 1.80. The van der Waals surface area contributed by atoms with E-state index in [1.54, 1.807) is 11.3 Å². The second-order valence-corrected chi connectivity index (χ2v) is 6.80. The highest BCUT2D eigenvalue weighted by Crippen LogP contribution is 2.37. The van der Waals surface area contributed by atoms with Crippen LogP contribution >= 0.6 is 11.3 Å². The molecule has 3 rings (SSSR count). The van der Waals surface area contributed by atoms with Gasteiger partial charge in [0.25, 0.3) is 0 Å². The highest BCUT2D eigenvalue weighted by atomic mass is 32.1. The molecule has 0 saturated carbocycles. The van der Waals surface area contributed by atoms with Gasteiger partial charge in [0.2, 0.25) is 5.91 Å². The lowest BCUT2D eigenvalue weighted by Gasteiger charge is -2.21. The van der Waals surface area contributed by atoms with Crippen LogP contribution in [0.25, 0.3) is 0 Å². The van der Waals surface area contributed by atoms with Gasteiger partial charge >= 0.3 is 0 Å². The maximum absolute atomic E-state index is 12.3. The highest BCUT2D eigenvalue weighted by molar-refractivity contribution is 7.16. The minimum Gasteiger partial charge on any atom is -0.317 e. The van der Waals surface area contributed by atoms with Crippen LogP contribution in [0.15, 0.2) is 0 Å². The molecule has 1 atom stereocenters. The van der Waals surface area contributed by atoms with Crippen LogP contribution < -0.4 is 10.6 Å². The van der Waals surface area contributed by atoms with Crippen molar-refractivity contribution in [1.29, 1.82) is 0 Å². The van der Waals surface area contributed by atoms with Gasteiger partial charge in [0.15, 0.2) is 0 Å². The number of anilines is 1. The van der Waals surface area contributed by atoms with Crippen molar-refractivity contribution in [2.75, 3.05) is 18.4 Å². The lowest BCUT2D eigenvalue weighted by molar-refractivity contribution is -0.120. The van der Waals surface area contributed by atoms with Gasteiger partial charge in [-0.15, -0.1) is 11.3 Å². The number of nitrogens with one attached hydrogen (secondary N) is 2. The van der Waals surface area contributed by atoms with E-state index in [4.69, 9.17) is 0 Å². The molecule has 1 aromatic rings. The first-order valence-electron chi connectivity index (χ1n) is 7.38. The molecule has 0 bridgehead atoms. The van der Waals surface area contributed by atoms with E-state index >= 15 is 0 Å². The Morgan fingerprint density at radius 1 is 1.32 bits per heavy atom. The van der Waals surface area contributed by atoms with Crippen LogP contribution in [0.2, 0.25) is 0 Å². The second-order valence-electron chi connectivity index (χ2n) is 5.70. The van der Waals surface area contributed by atoms with Gasteiger partial charge in [0.05, 0.1) is 10.9 Å². The zero-order valence-corrected chi connectivity index (χ0v) is 12.4. The molecule has 0 spiro atoms. The molecular formula is C15H22N2OS. The summed E-state index contributed by atoms with van der Waals surface area (Å²) in [7, 11) is 0. The summed E-state index contributed by atoms with van der Waals surface area (Å²) in [6.07, 6.45) is 7.11. The number of fused-ring (bicyclic) bond motifs is 1. The van der Waals surface area contributed by atoms with Gasteiger partial charge in [0, 0.05) is 11.4 Å². The minimum absolute atomic E-state index is 0.146. The summed E-state index contributed by atoms with van der Waals surface area (Å²) in [5, 5.41) is 7.58. The molecule has 1 unspecified atom stereocenters. The molecule has 1 aliphatic carbocycles. The SMILES string of the molecule is Cc1c(NC(=O)C2CCCNC2)sc2c1CCCC2. The number of hydrogen-bond acceptors (Lipinski definition) is 3. The van der Waals surface area contributed by atoms with E-state index in [1.165, 1.54) is 41.7 Å². The fourth-order valence-corrected chi connectivity index (χ4v) is 4.43. The molecule has 1 aromatic heterocycles. The molecule has 0 aromatic carbocycles. The minimum atomic E-state index is 0.146. The van der Waals surface area contributed by atoms with Crippen LogP contribution in [-0.4, -0.2) is 19.0 Å². The highest BCUT2D eigenvalue weighted by Gasteiger charge is 2.24. The molecule has 19 heavy (non-hydrogen) atoms. The first-order valence-corrected chi connectivity index (χ1v) is 8.20. The van der Waals surface area contributed by atoms with Crippen molar-refractivity contribution >= 4 is 22.2 Å². The third kappa shape index (κ3) is 2.70. The average Bonchev–Trinajstić information content (AvgIpc) is 2.77. The molecule has 4 heteroatoms. The van der Waals surface area contributed by atoms with Gasteiger partial charge in [-0.1, -0.05) is 0 Å². The van der Waals surface area contributed by atoms with Crippen LogP contribution in [0.5, 0.6) is 0 Å². The monoisotopic (exact) mass is 278 g/mol. The van der Waals surface area contributed by atoms with E-state index in [-0.39, 0.29) is 11.8 Å². The fourth-order valence-electron chi connectivity index (χ4n) is 3.13. The number of rotatable bonds is 2. The average molecular weight is 278 g/mol. The molecule has 2 aliphatic rings. The van der Waals surface area contributed by atoms with E-state index in [9.17, 15) is 4.79 Å². The maximum atomic E-state index is 12.3. The quantitative estimate of drug-likeness (QED) is 0.873. The molecule has 3 nitrogen and oxygen atoms in total. The smallest absolute Gasteiger partial charge is 0.229 e. The molecule has 104 valence electrons. The van der Waals surface area contributed by atoms with E-state index in [0.717, 1.165) is 30.9 Å². The zero-order chi connectivity index (χ0) is 13.2. The molecule has 2 heterocycles. The van der Waals surface area contributed by atoms with Crippen molar-refractivity contribution in [1.82, 2.24) is 5.32 Å². The lowest BCUT2D eigenvalue weighted by atomic mass is 9.96. The van der Waals surface area contributed by atoms with E-state index < -0.39 is 0 Å². The van der Waals surface area contributed by atoms with Crippen molar-refractivity contribution < 1.29 is 4.79 Å². The van der Waals surface area contributed by atoms with E-state index in [2.05, 4.69) is 17.6 Å². The number of piperidine rings is 1. The van der Waals surface area contributed by atoms with E-state index in [0.29, 0.717) is 0 Å². The van der Waals surface area contributed by atoms with Crippen LogP contribution in [0.4, 0.5) is 5.00 Å². The summed E-state index contributed by atoms with van der Waals surface area (Å²) in [6.45, 7) is 4.04. The Bertz CT molecular complexity index is 475. The Kier molecular flexibility index (Phi) is 3.89. The summed E-state index contributed by atoms with van der Waals surface area (Å²) in [5.74, 6) is 0.348. The van der Waals surface area contributed by atoms with Crippen molar-refractivity contribution in [3.8, 4) is 0 Å². The molecule has 1 fully saturated rings. The molecular weight excluding hydrogens is 256 g/mol. The topological polar surface area (TPSA) is 41.1 Å². The number of carbonyl (C=O) groups is 1. The molecule has 2 N–H and O–H groups in total. The van der Waals surface area contributed by atoms with Gasteiger partial charge in [-0.3, -0.25) is 4.79 Å². The Labute approximate surface area is 118 Å². The summed E-state index contributed by atoms with van der Waals surface area (Å²) in [5.41, 5.74) is 2.82. The normalized spacial score (nSPS) is 22.9. The van der Waals surface area contributed by atoms with Crippen molar-refractivity contribution in [2.45, 2.75) is 45.4 Å². The van der Waals surface area contributed by atoms with Gasteiger partial charge in [0.1, 0.15) is 0 Å². The Morgan fingerprint density at radius 3 is 2.89 bits per heavy atom. The van der Waals surface area contributed by atoms with Crippen LogP contribution in [-0.2, 0) is 17.6 Å². The molecule has 1 saturated heterocycles. The first-order chi connectivity index (χ1) is 9.25. The van der Waals surface area contributed by atoms with Gasteiger partial charge in [-0.2, -0.15) is 0 Å². The van der Waals surface area contributed by atoms with Gasteiger partial charge in [-0.05, 0) is 63.1 Å². The van der Waals surface area contributed by atoms with Crippen LogP contribution in [0.1, 0.15) is 41.7 Å². The number of thiophene rings is 1. The van der Waals surface area contributed by atoms with E-state index in [1.807, 2.05) is 0 Å². The van der Waals surface area contributed by atoms with Crippen molar-refractivity contribution in [3.63, 3.8) is 0 Å². The van der Waals surface area contributed by atoms with Gasteiger partial charge in [-0.25, -0.2) is 0 Å². The maximum Gasteiger partial charge on any atom is 0.229 e. The number of aryl methyl sites for hydroxylation is 1. The Morgan fingerprint density at radius 2 is 2.16 bits per heavy atom. The predicted octanol–water partition coefficient (Wildman–Crippen LogP) is 2.87. The number of amides is 1. The largest absolute Gasteiger partial charge is 0.317 e. The summed E-state index contributed by atoms with van der Waals surface area (Å²) in [4.78, 5) is 13.8. The van der Waals surface area contributed by atoms with Crippen LogP contribution in [0.3, 0.4) is 0 Å². The predicted molar refractivity (Wildman–Crippen MR) is 79.9 cm³/mol. The number of carbonyl (C=O) groups excluding carboxylic acids is 1.